The zero-order valence-corrected chi connectivity index (χ0v) is 17.9. The van der Waals surface area contributed by atoms with Crippen molar-refractivity contribution in [3.8, 4) is 11.8 Å². The molecule has 164 valence electrons. The molecule has 0 bridgehead atoms. The van der Waals surface area contributed by atoms with Crippen molar-refractivity contribution in [2.45, 2.75) is 31.7 Å². The molecular weight excluding hydrogens is 416 g/mol. The van der Waals surface area contributed by atoms with E-state index in [0.717, 1.165) is 42.5 Å². The predicted molar refractivity (Wildman–Crippen MR) is 125 cm³/mol. The first-order chi connectivity index (χ1) is 16.2. The number of hydrogen-bond acceptors (Lipinski definition) is 6. The molecule has 3 aromatic heterocycles. The molecule has 0 radical (unpaired) electrons. The minimum atomic E-state index is -0.330. The van der Waals surface area contributed by atoms with Crippen LogP contribution in [0.4, 0.5) is 22.1 Å². The van der Waals surface area contributed by atoms with Gasteiger partial charge < -0.3 is 5.32 Å². The van der Waals surface area contributed by atoms with Crippen LogP contribution in [0.3, 0.4) is 0 Å². The highest BCUT2D eigenvalue weighted by Gasteiger charge is 2.26. The van der Waals surface area contributed by atoms with E-state index in [9.17, 15) is 9.59 Å². The molecule has 0 unspecified atom stereocenters. The smallest absolute Gasteiger partial charge is 0.328 e. The van der Waals surface area contributed by atoms with Crippen LogP contribution < -0.4 is 15.5 Å². The van der Waals surface area contributed by atoms with Crippen LogP contribution >= 0.6 is 0 Å². The molecule has 3 aromatic rings. The van der Waals surface area contributed by atoms with Crippen LogP contribution in [-0.4, -0.2) is 39.9 Å². The van der Waals surface area contributed by atoms with Crippen molar-refractivity contribution in [2.24, 2.45) is 0 Å². The summed E-state index contributed by atoms with van der Waals surface area (Å²) in [6.07, 6.45) is 7.90. The number of anilines is 3. The van der Waals surface area contributed by atoms with Crippen molar-refractivity contribution in [2.75, 3.05) is 22.1 Å². The van der Waals surface area contributed by atoms with Crippen molar-refractivity contribution in [1.82, 2.24) is 15.0 Å². The maximum absolute atomic E-state index is 13.1. The van der Waals surface area contributed by atoms with Crippen LogP contribution in [0.5, 0.6) is 0 Å². The maximum atomic E-state index is 13.1. The third-order valence-corrected chi connectivity index (χ3v) is 5.49. The van der Waals surface area contributed by atoms with E-state index in [0.29, 0.717) is 41.9 Å². The van der Waals surface area contributed by atoms with Crippen molar-refractivity contribution in [3.05, 3.63) is 71.3 Å². The Morgan fingerprint density at radius 2 is 2.06 bits per heavy atom. The van der Waals surface area contributed by atoms with E-state index in [4.69, 9.17) is 0 Å². The molecule has 4 heterocycles. The first-order valence-corrected chi connectivity index (χ1v) is 10.9. The largest absolute Gasteiger partial charge is 0.381 e. The van der Waals surface area contributed by atoms with Crippen molar-refractivity contribution < 1.29 is 9.59 Å². The maximum Gasteiger partial charge on any atom is 0.328 e. The lowest BCUT2D eigenvalue weighted by molar-refractivity contribution is 0.111. The molecule has 0 atom stereocenters. The molecule has 1 saturated carbocycles. The Morgan fingerprint density at radius 3 is 2.85 bits per heavy atom. The number of hydrogen-bond donors (Lipinski definition) is 2. The van der Waals surface area contributed by atoms with Crippen LogP contribution in [0.1, 0.15) is 46.6 Å². The van der Waals surface area contributed by atoms with E-state index in [1.165, 1.54) is 0 Å². The summed E-state index contributed by atoms with van der Waals surface area (Å²) < 4.78 is 0. The summed E-state index contributed by atoms with van der Waals surface area (Å²) in [7, 11) is 0. The fraction of sp³-hybridized carbons (Fsp3) is 0.240. The summed E-state index contributed by atoms with van der Waals surface area (Å²) in [5.74, 6) is 7.13. The zero-order chi connectivity index (χ0) is 22.6. The van der Waals surface area contributed by atoms with Gasteiger partial charge in [0.15, 0.2) is 6.29 Å². The Bertz CT molecular complexity index is 1260. The molecule has 1 aliphatic heterocycles. The standard InChI is InChI=1S/C25H22N6O2/c32-16-21-9-6-17-4-3-13-31(24(17)29-21)25(33)30-23-14-22(28-20-10-11-20)18(15-27-23)7-8-19-5-1-2-12-26-19/h1-2,5-6,9,12,14-16,20H,3-4,10-11,13H2,(H2,27,28,30,33). The molecular formula is C25H22N6O2. The van der Waals surface area contributed by atoms with Gasteiger partial charge in [0.1, 0.15) is 23.0 Å². The molecule has 2 amide bonds. The third kappa shape index (κ3) is 4.83. The Balaban J connectivity index is 1.38. The van der Waals surface area contributed by atoms with E-state index < -0.39 is 0 Å². The summed E-state index contributed by atoms with van der Waals surface area (Å²) >= 11 is 0. The highest BCUT2D eigenvalue weighted by Crippen LogP contribution is 2.29. The fourth-order valence-corrected chi connectivity index (χ4v) is 3.65. The molecule has 0 aromatic carbocycles. The lowest BCUT2D eigenvalue weighted by Gasteiger charge is -2.28. The topological polar surface area (TPSA) is 100 Å². The van der Waals surface area contributed by atoms with E-state index in [-0.39, 0.29) is 6.03 Å². The highest BCUT2D eigenvalue weighted by molar-refractivity contribution is 6.01. The van der Waals surface area contributed by atoms with Gasteiger partial charge in [-0.1, -0.05) is 18.1 Å². The van der Waals surface area contributed by atoms with Crippen molar-refractivity contribution >= 4 is 29.6 Å². The van der Waals surface area contributed by atoms with Gasteiger partial charge in [0.05, 0.1) is 11.3 Å². The number of pyridine rings is 3. The summed E-state index contributed by atoms with van der Waals surface area (Å²) in [5.41, 5.74) is 3.50. The number of amides is 2. The molecule has 1 fully saturated rings. The second kappa shape index (κ2) is 9.09. The molecule has 1 aliphatic carbocycles. The summed E-state index contributed by atoms with van der Waals surface area (Å²) in [5, 5.41) is 6.34. The van der Waals surface area contributed by atoms with Gasteiger partial charge in [0, 0.05) is 31.0 Å². The highest BCUT2D eigenvalue weighted by atomic mass is 16.2. The number of fused-ring (bicyclic) bond motifs is 1. The van der Waals surface area contributed by atoms with Gasteiger partial charge in [0.25, 0.3) is 0 Å². The van der Waals surface area contributed by atoms with Crippen LogP contribution in [0.15, 0.2) is 48.8 Å². The molecule has 33 heavy (non-hydrogen) atoms. The first kappa shape index (κ1) is 20.6. The molecule has 0 spiro atoms. The van der Waals surface area contributed by atoms with Crippen LogP contribution in [0, 0.1) is 11.8 Å². The normalized spacial score (nSPS) is 14.5. The second-order valence-corrected chi connectivity index (χ2v) is 8.02. The number of carbonyl (C=O) groups is 2. The predicted octanol–water partition coefficient (Wildman–Crippen LogP) is 3.64. The van der Waals surface area contributed by atoms with Gasteiger partial charge >= 0.3 is 6.03 Å². The third-order valence-electron chi connectivity index (χ3n) is 5.49. The van der Waals surface area contributed by atoms with Gasteiger partial charge in [-0.3, -0.25) is 15.0 Å². The monoisotopic (exact) mass is 438 g/mol. The summed E-state index contributed by atoms with van der Waals surface area (Å²) in [6.45, 7) is 0.523. The Labute approximate surface area is 191 Å². The van der Waals surface area contributed by atoms with Gasteiger partial charge in [0.2, 0.25) is 0 Å². The molecule has 8 nitrogen and oxygen atoms in total. The van der Waals surface area contributed by atoms with E-state index in [1.54, 1.807) is 29.4 Å². The number of nitrogens with zero attached hydrogens (tertiary/aromatic N) is 4. The van der Waals surface area contributed by atoms with Crippen molar-refractivity contribution in [1.29, 1.82) is 0 Å². The Morgan fingerprint density at radius 1 is 1.15 bits per heavy atom. The molecule has 2 aliphatic rings. The van der Waals surface area contributed by atoms with Gasteiger partial charge in [-0.25, -0.2) is 19.7 Å². The van der Waals surface area contributed by atoms with Crippen LogP contribution in [0.25, 0.3) is 0 Å². The van der Waals surface area contributed by atoms with Crippen LogP contribution in [0.2, 0.25) is 0 Å². The Kier molecular flexibility index (Phi) is 5.68. The minimum Gasteiger partial charge on any atom is -0.381 e. The Hall–Kier alpha value is -4.25. The molecule has 5 rings (SSSR count). The lowest BCUT2D eigenvalue weighted by Crippen LogP contribution is -2.39. The fourth-order valence-electron chi connectivity index (χ4n) is 3.65. The lowest BCUT2D eigenvalue weighted by atomic mass is 10.1. The van der Waals surface area contributed by atoms with Gasteiger partial charge in [-0.2, -0.15) is 0 Å². The number of nitrogens with one attached hydrogen (secondary N) is 2. The number of rotatable bonds is 4. The summed E-state index contributed by atoms with van der Waals surface area (Å²) in [6, 6.07) is 11.0. The number of aryl methyl sites for hydroxylation is 1. The molecule has 2 N–H and O–H groups in total. The molecule has 8 heteroatoms. The SMILES string of the molecule is O=Cc1ccc2c(n1)N(C(=O)Nc1cc(NC3CC3)c(C#Cc3ccccn3)cn1)CCC2. The second-order valence-electron chi connectivity index (χ2n) is 8.02. The number of carbonyl (C=O) groups excluding carboxylic acids is 2. The summed E-state index contributed by atoms with van der Waals surface area (Å²) in [4.78, 5) is 38.8. The number of aldehydes is 1. The van der Waals surface area contributed by atoms with E-state index in [2.05, 4.69) is 37.4 Å². The van der Waals surface area contributed by atoms with E-state index in [1.807, 2.05) is 24.3 Å². The van der Waals surface area contributed by atoms with Crippen LogP contribution in [-0.2, 0) is 6.42 Å². The van der Waals surface area contributed by atoms with E-state index >= 15 is 0 Å². The average Bonchev–Trinajstić information content (AvgIpc) is 3.67. The van der Waals surface area contributed by atoms with Gasteiger partial charge in [-0.15, -0.1) is 0 Å². The average molecular weight is 438 g/mol. The molecule has 0 saturated heterocycles. The first-order valence-electron chi connectivity index (χ1n) is 10.9. The zero-order valence-electron chi connectivity index (χ0n) is 17.9. The van der Waals surface area contributed by atoms with Gasteiger partial charge in [-0.05, 0) is 55.4 Å². The minimum absolute atomic E-state index is 0.304. The quantitative estimate of drug-likeness (QED) is 0.477. The number of urea groups is 1. The number of aromatic nitrogens is 3. The van der Waals surface area contributed by atoms with Crippen molar-refractivity contribution in [3.63, 3.8) is 0 Å².